The summed E-state index contributed by atoms with van der Waals surface area (Å²) in [5, 5.41) is 11.5. The van der Waals surface area contributed by atoms with Crippen LogP contribution in [0, 0.1) is 0 Å². The minimum atomic E-state index is -1.52. The predicted octanol–water partition coefficient (Wildman–Crippen LogP) is 0.794. The van der Waals surface area contributed by atoms with E-state index in [0.717, 1.165) is 0 Å². The number of carbonyl (C=O) groups is 1. The molecule has 0 fully saturated rings. The van der Waals surface area contributed by atoms with Gasteiger partial charge in [0.15, 0.2) is 0 Å². The highest BCUT2D eigenvalue weighted by molar-refractivity contribution is 5.71. The van der Waals surface area contributed by atoms with Gasteiger partial charge < -0.3 is 24.1 Å². The van der Waals surface area contributed by atoms with Gasteiger partial charge in [-0.15, -0.1) is 0 Å². The molecule has 1 atom stereocenters. The predicted molar refractivity (Wildman–Crippen MR) is 64.7 cm³/mol. The van der Waals surface area contributed by atoms with Crippen molar-refractivity contribution < 1.29 is 28.8 Å². The maximum Gasteiger partial charge on any atom is 0.339 e. The lowest BCUT2D eigenvalue weighted by atomic mass is 10.6. The first-order chi connectivity index (χ1) is 9.22. The number of nitrogens with zero attached hydrogens (tertiary/aromatic N) is 3. The fourth-order valence-electron chi connectivity index (χ4n) is 1.00. The highest BCUT2D eigenvalue weighted by Gasteiger charge is 2.14. The van der Waals surface area contributed by atoms with E-state index in [2.05, 4.69) is 10.0 Å². The summed E-state index contributed by atoms with van der Waals surface area (Å²) in [4.78, 5) is 12.9. The van der Waals surface area contributed by atoms with Crippen molar-refractivity contribution in [3.05, 3.63) is 10.4 Å². The van der Waals surface area contributed by atoms with Crippen LogP contribution in [-0.2, 0) is 23.7 Å². The van der Waals surface area contributed by atoms with Crippen LogP contribution in [-0.4, -0.2) is 63.6 Å². The lowest BCUT2D eigenvalue weighted by Gasteiger charge is -2.09. The second kappa shape index (κ2) is 13.1. The van der Waals surface area contributed by atoms with Crippen molar-refractivity contribution in [3.63, 3.8) is 0 Å². The van der Waals surface area contributed by atoms with Crippen molar-refractivity contribution >= 4 is 5.97 Å². The SMILES string of the molecule is CCOCCOCCOCCOC(N=[N+]=[N-])C(=O)O. The second-order valence-electron chi connectivity index (χ2n) is 3.19. The van der Waals surface area contributed by atoms with E-state index in [1.807, 2.05) is 6.92 Å². The van der Waals surface area contributed by atoms with E-state index >= 15 is 0 Å². The maximum absolute atomic E-state index is 10.5. The van der Waals surface area contributed by atoms with Crippen LogP contribution in [0.1, 0.15) is 6.92 Å². The summed E-state index contributed by atoms with van der Waals surface area (Å²) < 4.78 is 20.2. The molecule has 0 spiro atoms. The molecule has 0 radical (unpaired) electrons. The molecule has 0 aliphatic carbocycles. The number of carboxylic acid groups (broad SMARTS) is 1. The highest BCUT2D eigenvalue weighted by atomic mass is 16.6. The maximum atomic E-state index is 10.5. The molecule has 0 aromatic rings. The standard InChI is InChI=1S/C10H19N3O6/c1-2-16-3-4-17-5-6-18-7-8-19-9(10(14)15)12-13-11/h9H,2-8H2,1H3,(H,14,15). The number of carboxylic acids is 1. The van der Waals surface area contributed by atoms with Gasteiger partial charge in [-0.2, -0.15) is 0 Å². The van der Waals surface area contributed by atoms with E-state index in [1.165, 1.54) is 0 Å². The molecule has 0 aromatic carbocycles. The molecule has 1 N–H and O–H groups in total. The van der Waals surface area contributed by atoms with Gasteiger partial charge in [-0.3, -0.25) is 0 Å². The fourth-order valence-corrected chi connectivity index (χ4v) is 1.00. The lowest BCUT2D eigenvalue weighted by Crippen LogP contribution is -2.23. The van der Waals surface area contributed by atoms with E-state index < -0.39 is 12.2 Å². The molecule has 9 nitrogen and oxygen atoms in total. The lowest BCUT2D eigenvalue weighted by molar-refractivity contribution is -0.150. The second-order valence-corrected chi connectivity index (χ2v) is 3.19. The third-order valence-electron chi connectivity index (χ3n) is 1.82. The van der Waals surface area contributed by atoms with Crippen LogP contribution in [0.4, 0.5) is 0 Å². The van der Waals surface area contributed by atoms with Crippen LogP contribution >= 0.6 is 0 Å². The quantitative estimate of drug-likeness (QED) is 0.230. The largest absolute Gasteiger partial charge is 0.479 e. The first-order valence-electron chi connectivity index (χ1n) is 5.84. The molecule has 0 bridgehead atoms. The van der Waals surface area contributed by atoms with Crippen LogP contribution in [0.2, 0.25) is 0 Å². The highest BCUT2D eigenvalue weighted by Crippen LogP contribution is 1.95. The zero-order chi connectivity index (χ0) is 14.3. The molecule has 0 amide bonds. The normalized spacial score (nSPS) is 11.8. The van der Waals surface area contributed by atoms with E-state index in [4.69, 9.17) is 29.6 Å². The van der Waals surface area contributed by atoms with Crippen LogP contribution < -0.4 is 0 Å². The summed E-state index contributed by atoms with van der Waals surface area (Å²) in [6.07, 6.45) is -1.52. The average molecular weight is 277 g/mol. The van der Waals surface area contributed by atoms with Gasteiger partial charge in [-0.05, 0) is 12.5 Å². The summed E-state index contributed by atoms with van der Waals surface area (Å²) in [5.41, 5.74) is 8.10. The van der Waals surface area contributed by atoms with E-state index in [0.29, 0.717) is 33.0 Å². The zero-order valence-corrected chi connectivity index (χ0v) is 10.9. The molecular weight excluding hydrogens is 258 g/mol. The smallest absolute Gasteiger partial charge is 0.339 e. The number of aliphatic carboxylic acids is 1. The van der Waals surface area contributed by atoms with Gasteiger partial charge in [0.25, 0.3) is 0 Å². The molecule has 19 heavy (non-hydrogen) atoms. The minimum Gasteiger partial charge on any atom is -0.479 e. The molecule has 1 unspecified atom stereocenters. The van der Waals surface area contributed by atoms with Crippen molar-refractivity contribution in [1.82, 2.24) is 0 Å². The Morgan fingerprint density at radius 2 is 1.68 bits per heavy atom. The van der Waals surface area contributed by atoms with Crippen molar-refractivity contribution in [2.45, 2.75) is 13.2 Å². The first-order valence-corrected chi connectivity index (χ1v) is 5.84. The Bertz CT molecular complexity index is 280. The molecule has 0 aliphatic heterocycles. The van der Waals surface area contributed by atoms with Crippen molar-refractivity contribution in [2.24, 2.45) is 5.11 Å². The molecule has 0 rings (SSSR count). The number of hydrogen-bond acceptors (Lipinski definition) is 6. The number of azide groups is 1. The van der Waals surface area contributed by atoms with Crippen molar-refractivity contribution in [1.29, 1.82) is 0 Å². The minimum absolute atomic E-state index is 0.0228. The van der Waals surface area contributed by atoms with E-state index in [9.17, 15) is 4.79 Å². The van der Waals surface area contributed by atoms with Gasteiger partial charge in [0.1, 0.15) is 0 Å². The van der Waals surface area contributed by atoms with Gasteiger partial charge >= 0.3 is 5.97 Å². The van der Waals surface area contributed by atoms with Gasteiger partial charge in [-0.1, -0.05) is 5.11 Å². The van der Waals surface area contributed by atoms with Crippen molar-refractivity contribution in [2.75, 3.05) is 46.2 Å². The fraction of sp³-hybridized carbons (Fsp3) is 0.900. The summed E-state index contributed by atoms with van der Waals surface area (Å²) in [6.45, 7) is 4.63. The number of rotatable bonds is 13. The Labute approximate surface area is 111 Å². The Hall–Kier alpha value is -1.38. The average Bonchev–Trinajstić information content (AvgIpc) is 2.39. The van der Waals surface area contributed by atoms with Gasteiger partial charge in [0, 0.05) is 11.5 Å². The molecule has 110 valence electrons. The van der Waals surface area contributed by atoms with Gasteiger partial charge in [-0.25, -0.2) is 4.79 Å². The Morgan fingerprint density at radius 3 is 2.16 bits per heavy atom. The summed E-state index contributed by atoms with van der Waals surface area (Å²) in [6, 6.07) is 0. The molecule has 0 heterocycles. The van der Waals surface area contributed by atoms with Crippen LogP contribution in [0.15, 0.2) is 5.11 Å². The van der Waals surface area contributed by atoms with Crippen LogP contribution in [0.5, 0.6) is 0 Å². The topological polar surface area (TPSA) is 123 Å². The zero-order valence-electron chi connectivity index (χ0n) is 10.9. The Kier molecular flexibility index (Phi) is 12.1. The van der Waals surface area contributed by atoms with Gasteiger partial charge in [0.05, 0.1) is 39.6 Å². The summed E-state index contributed by atoms with van der Waals surface area (Å²) in [5.74, 6) is -1.34. The third kappa shape index (κ3) is 11.4. The number of ether oxygens (including phenoxy) is 4. The molecule has 0 aromatic heterocycles. The Morgan fingerprint density at radius 1 is 1.16 bits per heavy atom. The molecule has 0 saturated carbocycles. The number of hydrogen-bond donors (Lipinski definition) is 1. The molecule has 0 aliphatic rings. The van der Waals surface area contributed by atoms with E-state index in [1.54, 1.807) is 0 Å². The first kappa shape index (κ1) is 17.6. The molecule has 9 heteroatoms. The molecule has 0 saturated heterocycles. The van der Waals surface area contributed by atoms with Crippen LogP contribution in [0.25, 0.3) is 10.4 Å². The van der Waals surface area contributed by atoms with Crippen LogP contribution in [0.3, 0.4) is 0 Å². The third-order valence-corrected chi connectivity index (χ3v) is 1.82. The van der Waals surface area contributed by atoms with E-state index in [-0.39, 0.29) is 13.2 Å². The molecular formula is C10H19N3O6. The summed E-state index contributed by atoms with van der Waals surface area (Å²) in [7, 11) is 0. The van der Waals surface area contributed by atoms with Gasteiger partial charge in [0.2, 0.25) is 6.23 Å². The summed E-state index contributed by atoms with van der Waals surface area (Å²) >= 11 is 0. The Balaban J connectivity index is 3.34. The monoisotopic (exact) mass is 277 g/mol. The van der Waals surface area contributed by atoms with Crippen molar-refractivity contribution in [3.8, 4) is 0 Å².